The van der Waals surface area contributed by atoms with Gasteiger partial charge in [-0.3, -0.25) is 9.79 Å². The molecule has 6 nitrogen and oxygen atoms in total. The first-order valence-corrected chi connectivity index (χ1v) is 6.93. The van der Waals surface area contributed by atoms with Crippen LogP contribution >= 0.6 is 0 Å². The number of aryl methyl sites for hydroxylation is 1. The Kier molecular flexibility index (Phi) is 7.25. The van der Waals surface area contributed by atoms with Gasteiger partial charge < -0.3 is 21.1 Å². The molecule has 0 aliphatic heterocycles. The van der Waals surface area contributed by atoms with E-state index >= 15 is 0 Å². The number of carbonyl (C=O) groups is 1. The van der Waals surface area contributed by atoms with Crippen molar-refractivity contribution in [1.82, 2.24) is 10.6 Å². The Morgan fingerprint density at radius 1 is 1.48 bits per heavy atom. The molecule has 0 aliphatic rings. The molecule has 21 heavy (non-hydrogen) atoms. The van der Waals surface area contributed by atoms with E-state index in [1.165, 1.54) is 0 Å². The van der Waals surface area contributed by atoms with E-state index in [4.69, 9.17) is 10.5 Å². The van der Waals surface area contributed by atoms with E-state index < -0.39 is 0 Å². The van der Waals surface area contributed by atoms with Crippen LogP contribution in [0.3, 0.4) is 0 Å². The second-order valence-corrected chi connectivity index (χ2v) is 4.89. The Bertz CT molecular complexity index is 488. The Labute approximate surface area is 125 Å². The lowest BCUT2D eigenvalue weighted by Crippen LogP contribution is -2.41. The van der Waals surface area contributed by atoms with Crippen molar-refractivity contribution in [2.75, 3.05) is 26.8 Å². The number of guanidine groups is 1. The van der Waals surface area contributed by atoms with Crippen molar-refractivity contribution in [3.63, 3.8) is 0 Å². The molecule has 1 amide bonds. The summed E-state index contributed by atoms with van der Waals surface area (Å²) in [5.41, 5.74) is 7.43. The van der Waals surface area contributed by atoms with Crippen molar-refractivity contribution < 1.29 is 9.53 Å². The first-order valence-electron chi connectivity index (χ1n) is 6.93. The van der Waals surface area contributed by atoms with Crippen molar-refractivity contribution in [2.24, 2.45) is 10.7 Å². The van der Waals surface area contributed by atoms with Gasteiger partial charge in [0, 0.05) is 25.3 Å². The zero-order valence-electron chi connectivity index (χ0n) is 12.8. The maximum absolute atomic E-state index is 11.9. The van der Waals surface area contributed by atoms with Crippen molar-refractivity contribution in [3.8, 4) is 0 Å². The molecule has 0 spiro atoms. The Morgan fingerprint density at radius 3 is 2.90 bits per heavy atom. The van der Waals surface area contributed by atoms with Crippen LogP contribution < -0.4 is 16.4 Å². The number of nitrogens with one attached hydrogen (secondary N) is 2. The SMILES string of the molecule is COCC(C)NC(N)=NCCNC(=O)c1cccc(C)c1. The van der Waals surface area contributed by atoms with Crippen molar-refractivity contribution >= 4 is 11.9 Å². The topological polar surface area (TPSA) is 88.7 Å². The smallest absolute Gasteiger partial charge is 0.251 e. The summed E-state index contributed by atoms with van der Waals surface area (Å²) in [5.74, 6) is 0.248. The number of benzene rings is 1. The molecule has 0 saturated heterocycles. The number of ether oxygens (including phenoxy) is 1. The first-order chi connectivity index (χ1) is 10.0. The fourth-order valence-corrected chi connectivity index (χ4v) is 1.82. The molecule has 1 rings (SSSR count). The number of hydrogen-bond acceptors (Lipinski definition) is 3. The van der Waals surface area contributed by atoms with Crippen LogP contribution in [-0.2, 0) is 4.74 Å². The molecule has 1 atom stereocenters. The maximum atomic E-state index is 11.9. The highest BCUT2D eigenvalue weighted by Crippen LogP contribution is 2.03. The van der Waals surface area contributed by atoms with Crippen LogP contribution in [0.25, 0.3) is 0 Å². The lowest BCUT2D eigenvalue weighted by Gasteiger charge is -2.13. The summed E-state index contributed by atoms with van der Waals surface area (Å²) in [6, 6.07) is 7.55. The first kappa shape index (κ1) is 17.0. The van der Waals surface area contributed by atoms with Gasteiger partial charge in [-0.1, -0.05) is 17.7 Å². The van der Waals surface area contributed by atoms with Gasteiger partial charge in [0.05, 0.1) is 13.2 Å². The lowest BCUT2D eigenvalue weighted by molar-refractivity contribution is 0.0954. The molecule has 4 N–H and O–H groups in total. The average Bonchev–Trinajstić information content (AvgIpc) is 2.43. The van der Waals surface area contributed by atoms with Gasteiger partial charge in [-0.25, -0.2) is 0 Å². The quantitative estimate of drug-likeness (QED) is 0.391. The largest absolute Gasteiger partial charge is 0.383 e. The Hall–Kier alpha value is -2.08. The monoisotopic (exact) mass is 292 g/mol. The van der Waals surface area contributed by atoms with E-state index in [1.807, 2.05) is 32.0 Å². The van der Waals surface area contributed by atoms with E-state index in [-0.39, 0.29) is 11.9 Å². The standard InChI is InChI=1S/C15H24N4O2/c1-11-5-4-6-13(9-11)14(20)17-7-8-18-15(16)19-12(2)10-21-3/h4-6,9,12H,7-8,10H2,1-3H3,(H,17,20)(H3,16,18,19). The van der Waals surface area contributed by atoms with Crippen molar-refractivity contribution in [3.05, 3.63) is 35.4 Å². The Morgan fingerprint density at radius 2 is 2.24 bits per heavy atom. The molecule has 0 bridgehead atoms. The van der Waals surface area contributed by atoms with Crippen molar-refractivity contribution in [1.29, 1.82) is 0 Å². The molecule has 0 fully saturated rings. The number of nitrogens with zero attached hydrogens (tertiary/aromatic N) is 1. The second kappa shape index (κ2) is 8.97. The zero-order valence-corrected chi connectivity index (χ0v) is 12.8. The molecule has 0 radical (unpaired) electrons. The highest BCUT2D eigenvalue weighted by Gasteiger charge is 2.04. The third-order valence-corrected chi connectivity index (χ3v) is 2.77. The fraction of sp³-hybridized carbons (Fsp3) is 0.467. The average molecular weight is 292 g/mol. The summed E-state index contributed by atoms with van der Waals surface area (Å²) >= 11 is 0. The van der Waals surface area contributed by atoms with Gasteiger partial charge in [-0.15, -0.1) is 0 Å². The predicted octanol–water partition coefficient (Wildman–Crippen LogP) is 0.664. The molecule has 1 aromatic carbocycles. The molecule has 1 aromatic rings. The van der Waals surface area contributed by atoms with Crippen LogP contribution in [0.1, 0.15) is 22.8 Å². The van der Waals surface area contributed by atoms with Crippen LogP contribution in [0.2, 0.25) is 0 Å². The summed E-state index contributed by atoms with van der Waals surface area (Å²) in [4.78, 5) is 16.0. The van der Waals surface area contributed by atoms with Crippen molar-refractivity contribution in [2.45, 2.75) is 19.9 Å². The van der Waals surface area contributed by atoms with E-state index in [2.05, 4.69) is 15.6 Å². The number of carbonyl (C=O) groups excluding carboxylic acids is 1. The fourth-order valence-electron chi connectivity index (χ4n) is 1.82. The maximum Gasteiger partial charge on any atom is 0.251 e. The summed E-state index contributed by atoms with van der Waals surface area (Å²) in [7, 11) is 1.63. The third kappa shape index (κ3) is 6.76. The third-order valence-electron chi connectivity index (χ3n) is 2.77. The molecule has 0 aliphatic carbocycles. The minimum Gasteiger partial charge on any atom is -0.383 e. The van der Waals surface area contributed by atoms with Crippen LogP contribution in [-0.4, -0.2) is 44.7 Å². The van der Waals surface area contributed by atoms with Crippen LogP contribution in [0, 0.1) is 6.92 Å². The molecule has 116 valence electrons. The molecule has 0 saturated carbocycles. The number of hydrogen-bond donors (Lipinski definition) is 3. The number of rotatable bonds is 7. The lowest BCUT2D eigenvalue weighted by atomic mass is 10.1. The van der Waals surface area contributed by atoms with Gasteiger partial charge in [0.1, 0.15) is 0 Å². The minimum atomic E-state index is -0.104. The molecule has 6 heteroatoms. The van der Waals surface area contributed by atoms with Crippen LogP contribution in [0.5, 0.6) is 0 Å². The van der Waals surface area contributed by atoms with E-state index in [0.29, 0.717) is 31.2 Å². The number of amides is 1. The number of methoxy groups -OCH3 is 1. The van der Waals surface area contributed by atoms with Gasteiger partial charge in [0.15, 0.2) is 5.96 Å². The van der Waals surface area contributed by atoms with E-state index in [1.54, 1.807) is 13.2 Å². The molecule has 0 aromatic heterocycles. The molecule has 0 heterocycles. The highest BCUT2D eigenvalue weighted by atomic mass is 16.5. The second-order valence-electron chi connectivity index (χ2n) is 4.89. The summed E-state index contributed by atoms with van der Waals surface area (Å²) < 4.78 is 4.99. The molecular formula is C15H24N4O2. The molecular weight excluding hydrogens is 268 g/mol. The number of aliphatic imine (C=N–C) groups is 1. The normalized spacial score (nSPS) is 12.8. The number of nitrogens with two attached hydrogens (primary N) is 1. The van der Waals surface area contributed by atoms with Gasteiger partial charge in [0.2, 0.25) is 0 Å². The van der Waals surface area contributed by atoms with E-state index in [9.17, 15) is 4.79 Å². The minimum absolute atomic E-state index is 0.0978. The van der Waals surface area contributed by atoms with Crippen LogP contribution in [0.15, 0.2) is 29.3 Å². The summed E-state index contributed by atoms with van der Waals surface area (Å²) in [6.07, 6.45) is 0. The zero-order chi connectivity index (χ0) is 15.7. The van der Waals surface area contributed by atoms with Crippen LogP contribution in [0.4, 0.5) is 0 Å². The Balaban J connectivity index is 2.31. The van der Waals surface area contributed by atoms with Gasteiger partial charge in [-0.2, -0.15) is 0 Å². The summed E-state index contributed by atoms with van der Waals surface area (Å²) in [6.45, 7) is 5.32. The van der Waals surface area contributed by atoms with Gasteiger partial charge >= 0.3 is 0 Å². The van der Waals surface area contributed by atoms with Gasteiger partial charge in [-0.05, 0) is 26.0 Å². The highest BCUT2D eigenvalue weighted by molar-refractivity contribution is 5.94. The summed E-state index contributed by atoms with van der Waals surface area (Å²) in [5, 5.41) is 5.80. The van der Waals surface area contributed by atoms with E-state index in [0.717, 1.165) is 5.56 Å². The molecule has 1 unspecified atom stereocenters. The van der Waals surface area contributed by atoms with Gasteiger partial charge in [0.25, 0.3) is 5.91 Å². The predicted molar refractivity (Wildman–Crippen MR) is 84.5 cm³/mol.